The first kappa shape index (κ1) is 14.2. The molecule has 0 radical (unpaired) electrons. The molecule has 3 nitrogen and oxygen atoms in total. The first-order chi connectivity index (χ1) is 10.2. The quantitative estimate of drug-likeness (QED) is 0.787. The van der Waals surface area contributed by atoms with Crippen molar-refractivity contribution < 1.29 is 0 Å². The lowest BCUT2D eigenvalue weighted by molar-refractivity contribution is 0.806. The summed E-state index contributed by atoms with van der Waals surface area (Å²) >= 11 is 6.00. The lowest BCUT2D eigenvalue weighted by Crippen LogP contribution is -2.30. The topological polar surface area (TPSA) is 19.4 Å². The van der Waals surface area contributed by atoms with Gasteiger partial charge >= 0.3 is 0 Å². The van der Waals surface area contributed by atoms with E-state index in [1.54, 1.807) is 6.20 Å². The first-order valence-electron chi connectivity index (χ1n) is 7.40. The number of hydrogen-bond donors (Lipinski definition) is 0. The molecule has 3 rings (SSSR count). The van der Waals surface area contributed by atoms with Crippen LogP contribution in [0.4, 0.5) is 11.4 Å². The molecule has 1 aromatic carbocycles. The van der Waals surface area contributed by atoms with E-state index < -0.39 is 0 Å². The second-order valence-corrected chi connectivity index (χ2v) is 5.89. The van der Waals surface area contributed by atoms with Crippen LogP contribution in [0.15, 0.2) is 42.6 Å². The lowest BCUT2D eigenvalue weighted by atomic mass is 10.2. The SMILES string of the molecule is Cc1ccc(N2CCCN(c3ccnc(Cl)c3)CC2)cc1. The van der Waals surface area contributed by atoms with Crippen LogP contribution in [0.1, 0.15) is 12.0 Å². The number of aromatic nitrogens is 1. The number of halogens is 1. The minimum absolute atomic E-state index is 0.562. The van der Waals surface area contributed by atoms with Gasteiger partial charge in [-0.25, -0.2) is 4.98 Å². The zero-order valence-corrected chi connectivity index (χ0v) is 13.1. The van der Waals surface area contributed by atoms with Crippen LogP contribution in [0.3, 0.4) is 0 Å². The number of benzene rings is 1. The van der Waals surface area contributed by atoms with Crippen molar-refractivity contribution in [3.63, 3.8) is 0 Å². The fourth-order valence-corrected chi connectivity index (χ4v) is 2.95. The van der Waals surface area contributed by atoms with E-state index in [1.165, 1.54) is 16.9 Å². The third kappa shape index (κ3) is 3.48. The summed E-state index contributed by atoms with van der Waals surface area (Å²) in [5.41, 5.74) is 3.79. The highest BCUT2D eigenvalue weighted by molar-refractivity contribution is 6.29. The maximum Gasteiger partial charge on any atom is 0.131 e. The van der Waals surface area contributed by atoms with Crippen LogP contribution in [0.5, 0.6) is 0 Å². The number of hydrogen-bond acceptors (Lipinski definition) is 3. The van der Waals surface area contributed by atoms with E-state index in [1.807, 2.05) is 12.1 Å². The summed E-state index contributed by atoms with van der Waals surface area (Å²) in [4.78, 5) is 8.91. The molecule has 0 spiro atoms. The number of aryl methyl sites for hydroxylation is 1. The van der Waals surface area contributed by atoms with Crippen LogP contribution in [0.2, 0.25) is 5.15 Å². The van der Waals surface area contributed by atoms with Crippen LogP contribution in [0, 0.1) is 6.92 Å². The van der Waals surface area contributed by atoms with Gasteiger partial charge in [-0.15, -0.1) is 0 Å². The molecule has 1 aliphatic rings. The van der Waals surface area contributed by atoms with Crippen LogP contribution < -0.4 is 9.80 Å². The Balaban J connectivity index is 1.70. The maximum atomic E-state index is 6.00. The van der Waals surface area contributed by atoms with Crippen molar-refractivity contribution in [1.82, 2.24) is 4.98 Å². The van der Waals surface area contributed by atoms with Gasteiger partial charge in [0, 0.05) is 43.8 Å². The minimum Gasteiger partial charge on any atom is -0.370 e. The molecule has 0 amide bonds. The third-order valence-corrected chi connectivity index (χ3v) is 4.18. The largest absolute Gasteiger partial charge is 0.370 e. The van der Waals surface area contributed by atoms with Crippen LogP contribution in [0.25, 0.3) is 0 Å². The molecule has 1 saturated heterocycles. The van der Waals surface area contributed by atoms with Crippen LogP contribution in [-0.2, 0) is 0 Å². The molecule has 0 atom stereocenters. The molecule has 0 aliphatic carbocycles. The van der Waals surface area contributed by atoms with Gasteiger partial charge in [0.25, 0.3) is 0 Å². The normalized spacial score (nSPS) is 15.9. The average molecular weight is 302 g/mol. The molecule has 1 aliphatic heterocycles. The molecule has 1 aromatic heterocycles. The van der Waals surface area contributed by atoms with Crippen LogP contribution >= 0.6 is 11.6 Å². The Morgan fingerprint density at radius 2 is 1.57 bits per heavy atom. The van der Waals surface area contributed by atoms with Crippen molar-refractivity contribution in [3.05, 3.63) is 53.3 Å². The molecular weight excluding hydrogens is 282 g/mol. The van der Waals surface area contributed by atoms with E-state index in [4.69, 9.17) is 11.6 Å². The van der Waals surface area contributed by atoms with E-state index >= 15 is 0 Å². The number of anilines is 2. The monoisotopic (exact) mass is 301 g/mol. The van der Waals surface area contributed by atoms with Gasteiger partial charge in [0.1, 0.15) is 5.15 Å². The fourth-order valence-electron chi connectivity index (χ4n) is 2.78. The average Bonchev–Trinajstić information content (AvgIpc) is 2.74. The number of rotatable bonds is 2. The highest BCUT2D eigenvalue weighted by Crippen LogP contribution is 2.21. The molecule has 4 heteroatoms. The minimum atomic E-state index is 0.562. The van der Waals surface area contributed by atoms with Gasteiger partial charge in [-0.2, -0.15) is 0 Å². The molecule has 21 heavy (non-hydrogen) atoms. The van der Waals surface area contributed by atoms with E-state index in [0.29, 0.717) is 5.15 Å². The molecule has 2 aromatic rings. The van der Waals surface area contributed by atoms with Crippen molar-refractivity contribution in [2.75, 3.05) is 36.0 Å². The summed E-state index contributed by atoms with van der Waals surface area (Å²) in [5.74, 6) is 0. The van der Waals surface area contributed by atoms with Crippen molar-refractivity contribution in [2.24, 2.45) is 0 Å². The Morgan fingerprint density at radius 1 is 0.905 bits per heavy atom. The van der Waals surface area contributed by atoms with Gasteiger partial charge in [-0.05, 0) is 37.6 Å². The second-order valence-electron chi connectivity index (χ2n) is 5.50. The standard InChI is InChI=1S/C17H20ClN3/c1-14-3-5-15(6-4-14)20-9-2-10-21(12-11-20)16-7-8-19-17(18)13-16/h3-8,13H,2,9-12H2,1H3. The molecule has 0 N–H and O–H groups in total. The molecule has 110 valence electrons. The first-order valence-corrected chi connectivity index (χ1v) is 7.78. The molecule has 2 heterocycles. The maximum absolute atomic E-state index is 6.00. The molecule has 0 saturated carbocycles. The predicted molar refractivity (Wildman–Crippen MR) is 89.5 cm³/mol. The van der Waals surface area contributed by atoms with Crippen molar-refractivity contribution in [3.8, 4) is 0 Å². The van der Waals surface area contributed by atoms with Gasteiger partial charge in [-0.1, -0.05) is 29.3 Å². The highest BCUT2D eigenvalue weighted by atomic mass is 35.5. The van der Waals surface area contributed by atoms with E-state index in [2.05, 4.69) is 46.0 Å². The summed E-state index contributed by atoms with van der Waals surface area (Å²) in [7, 11) is 0. The van der Waals surface area contributed by atoms with E-state index in [-0.39, 0.29) is 0 Å². The highest BCUT2D eigenvalue weighted by Gasteiger charge is 2.15. The van der Waals surface area contributed by atoms with Gasteiger partial charge in [0.15, 0.2) is 0 Å². The molecule has 1 fully saturated rings. The fraction of sp³-hybridized carbons (Fsp3) is 0.353. The number of nitrogens with zero attached hydrogens (tertiary/aromatic N) is 3. The second kappa shape index (κ2) is 6.35. The summed E-state index contributed by atoms with van der Waals surface area (Å²) in [6.45, 7) is 6.32. The summed E-state index contributed by atoms with van der Waals surface area (Å²) < 4.78 is 0. The van der Waals surface area contributed by atoms with Gasteiger partial charge in [-0.3, -0.25) is 0 Å². The van der Waals surface area contributed by atoms with Crippen molar-refractivity contribution >= 4 is 23.0 Å². The Labute approximate surface area is 131 Å². The van der Waals surface area contributed by atoms with E-state index in [0.717, 1.165) is 32.6 Å². The lowest BCUT2D eigenvalue weighted by Gasteiger charge is -2.25. The smallest absolute Gasteiger partial charge is 0.131 e. The van der Waals surface area contributed by atoms with Gasteiger partial charge < -0.3 is 9.80 Å². The molecule has 0 unspecified atom stereocenters. The Kier molecular flexibility index (Phi) is 4.30. The summed E-state index contributed by atoms with van der Waals surface area (Å²) in [6.07, 6.45) is 2.92. The zero-order valence-electron chi connectivity index (χ0n) is 12.3. The predicted octanol–water partition coefficient (Wildman–Crippen LogP) is 3.76. The Hall–Kier alpha value is -1.74. The number of pyridine rings is 1. The van der Waals surface area contributed by atoms with Crippen molar-refractivity contribution in [2.45, 2.75) is 13.3 Å². The van der Waals surface area contributed by atoms with Crippen LogP contribution in [-0.4, -0.2) is 31.2 Å². The molecular formula is C17H20ClN3. The molecule has 0 bridgehead atoms. The van der Waals surface area contributed by atoms with Gasteiger partial charge in [0.05, 0.1) is 0 Å². The van der Waals surface area contributed by atoms with Crippen molar-refractivity contribution in [1.29, 1.82) is 0 Å². The Morgan fingerprint density at radius 3 is 2.24 bits per heavy atom. The van der Waals surface area contributed by atoms with E-state index in [9.17, 15) is 0 Å². The summed E-state index contributed by atoms with van der Waals surface area (Å²) in [6, 6.07) is 12.8. The Bertz CT molecular complexity index is 597. The third-order valence-electron chi connectivity index (χ3n) is 3.97. The summed E-state index contributed by atoms with van der Waals surface area (Å²) in [5, 5.41) is 0.562. The zero-order chi connectivity index (χ0) is 14.7. The van der Waals surface area contributed by atoms with Gasteiger partial charge in [0.2, 0.25) is 0 Å².